The topological polar surface area (TPSA) is 37.3 Å². The summed E-state index contributed by atoms with van der Waals surface area (Å²) < 4.78 is 12.8. The van der Waals surface area contributed by atoms with Crippen molar-refractivity contribution in [2.45, 2.75) is 19.3 Å². The highest BCUT2D eigenvalue weighted by atomic mass is 19.1. The second-order valence-electron chi connectivity index (χ2n) is 2.81. The quantitative estimate of drug-likeness (QED) is 0.571. The molecule has 0 aliphatic carbocycles. The number of rotatable bonds is 4. The minimum atomic E-state index is -0.608. The van der Waals surface area contributed by atoms with Crippen LogP contribution in [0.4, 0.5) is 4.39 Å². The predicted molar refractivity (Wildman–Crippen MR) is 47.1 cm³/mol. The monoisotopic (exact) mass is 182 g/mol. The molecular weight excluding hydrogens is 171 g/mol. The van der Waals surface area contributed by atoms with Gasteiger partial charge in [0.25, 0.3) is 0 Å². The van der Waals surface area contributed by atoms with Crippen molar-refractivity contribution in [3.63, 3.8) is 0 Å². The van der Waals surface area contributed by atoms with Crippen molar-refractivity contribution < 1.29 is 14.3 Å². The maximum absolute atomic E-state index is 12.8. The van der Waals surface area contributed by atoms with E-state index in [0.717, 1.165) is 6.29 Å². The fraction of sp³-hybridized carbons (Fsp3) is 0.300. The number of aromatic hydroxyl groups is 1. The molecule has 1 aromatic rings. The number of hydrogen-bond donors (Lipinski definition) is 1. The van der Waals surface area contributed by atoms with Crippen molar-refractivity contribution in [3.05, 3.63) is 29.6 Å². The largest absolute Gasteiger partial charge is 0.505 e. The molecular formula is C10H11FO2. The molecule has 1 rings (SSSR count). The van der Waals surface area contributed by atoms with E-state index in [1.165, 1.54) is 6.07 Å². The number of phenolic OH excluding ortho intramolecular Hbond substituents is 1. The number of phenols is 1. The summed E-state index contributed by atoms with van der Waals surface area (Å²) in [4.78, 5) is 10.0. The van der Waals surface area contributed by atoms with E-state index >= 15 is 0 Å². The molecule has 0 saturated heterocycles. The Morgan fingerprint density at radius 1 is 1.46 bits per heavy atom. The molecule has 2 nitrogen and oxygen atoms in total. The van der Waals surface area contributed by atoms with Crippen molar-refractivity contribution in [3.8, 4) is 5.75 Å². The number of hydrogen-bond acceptors (Lipinski definition) is 2. The van der Waals surface area contributed by atoms with Gasteiger partial charge in [-0.2, -0.15) is 0 Å². The Labute approximate surface area is 76.0 Å². The van der Waals surface area contributed by atoms with Crippen molar-refractivity contribution in [2.24, 2.45) is 0 Å². The number of aryl methyl sites for hydroxylation is 1. The van der Waals surface area contributed by atoms with Crippen molar-refractivity contribution in [1.82, 2.24) is 0 Å². The smallest absolute Gasteiger partial charge is 0.165 e. The van der Waals surface area contributed by atoms with E-state index in [2.05, 4.69) is 0 Å². The molecule has 0 atom stereocenters. The number of para-hydroxylation sites is 1. The molecule has 0 spiro atoms. The van der Waals surface area contributed by atoms with E-state index in [1.807, 2.05) is 0 Å². The lowest BCUT2D eigenvalue weighted by atomic mass is 10.1. The molecule has 13 heavy (non-hydrogen) atoms. The Hall–Kier alpha value is -1.38. The first-order chi connectivity index (χ1) is 6.25. The highest BCUT2D eigenvalue weighted by Gasteiger charge is 2.04. The van der Waals surface area contributed by atoms with Gasteiger partial charge in [-0.1, -0.05) is 12.1 Å². The van der Waals surface area contributed by atoms with Crippen LogP contribution in [-0.2, 0) is 11.2 Å². The molecule has 1 N–H and O–H groups in total. The van der Waals surface area contributed by atoms with E-state index in [1.54, 1.807) is 12.1 Å². The zero-order valence-electron chi connectivity index (χ0n) is 7.16. The van der Waals surface area contributed by atoms with Crippen LogP contribution in [0.1, 0.15) is 18.4 Å². The fourth-order valence-corrected chi connectivity index (χ4v) is 1.14. The van der Waals surface area contributed by atoms with Crippen LogP contribution in [0.25, 0.3) is 0 Å². The third-order valence-electron chi connectivity index (χ3n) is 1.84. The first kappa shape index (κ1) is 9.71. The Morgan fingerprint density at radius 2 is 2.23 bits per heavy atom. The number of benzene rings is 1. The van der Waals surface area contributed by atoms with Crippen LogP contribution < -0.4 is 0 Å². The average Bonchev–Trinajstić information content (AvgIpc) is 2.13. The van der Waals surface area contributed by atoms with Gasteiger partial charge in [-0.05, 0) is 24.5 Å². The minimum absolute atomic E-state index is 0.298. The maximum atomic E-state index is 12.8. The summed E-state index contributed by atoms with van der Waals surface area (Å²) in [5.41, 5.74) is 0.557. The molecule has 3 heteroatoms. The SMILES string of the molecule is O=CCCCc1cccc(F)c1O. The van der Waals surface area contributed by atoms with E-state index in [9.17, 15) is 14.3 Å². The van der Waals surface area contributed by atoms with E-state index in [-0.39, 0.29) is 5.75 Å². The van der Waals surface area contributed by atoms with Crippen molar-refractivity contribution >= 4 is 6.29 Å². The molecule has 0 saturated carbocycles. The third-order valence-corrected chi connectivity index (χ3v) is 1.84. The van der Waals surface area contributed by atoms with Gasteiger partial charge in [0.1, 0.15) is 6.29 Å². The first-order valence-corrected chi connectivity index (χ1v) is 4.15. The number of carbonyl (C=O) groups is 1. The van der Waals surface area contributed by atoms with Gasteiger partial charge >= 0.3 is 0 Å². The van der Waals surface area contributed by atoms with Gasteiger partial charge in [-0.25, -0.2) is 4.39 Å². The number of carbonyl (C=O) groups excluding carboxylic acids is 1. The van der Waals surface area contributed by atoms with E-state index < -0.39 is 5.82 Å². The molecule has 1 aromatic carbocycles. The zero-order chi connectivity index (χ0) is 9.68. The lowest BCUT2D eigenvalue weighted by Gasteiger charge is -2.02. The number of unbranched alkanes of at least 4 members (excludes halogenated alkanes) is 1. The molecule has 0 aromatic heterocycles. The normalized spacial score (nSPS) is 9.92. The summed E-state index contributed by atoms with van der Waals surface area (Å²) >= 11 is 0. The summed E-state index contributed by atoms with van der Waals surface area (Å²) in [6.45, 7) is 0. The molecule has 0 radical (unpaired) electrons. The Balaban J connectivity index is 2.65. The van der Waals surface area contributed by atoms with Gasteiger partial charge in [-0.15, -0.1) is 0 Å². The Morgan fingerprint density at radius 3 is 2.92 bits per heavy atom. The summed E-state index contributed by atoms with van der Waals surface area (Å²) in [7, 11) is 0. The fourth-order valence-electron chi connectivity index (χ4n) is 1.14. The highest BCUT2D eigenvalue weighted by molar-refractivity contribution is 5.49. The lowest BCUT2D eigenvalue weighted by molar-refractivity contribution is -0.107. The van der Waals surface area contributed by atoms with Gasteiger partial charge in [0.05, 0.1) is 0 Å². The van der Waals surface area contributed by atoms with Crippen LogP contribution >= 0.6 is 0 Å². The van der Waals surface area contributed by atoms with Gasteiger partial charge in [0.2, 0.25) is 0 Å². The molecule has 0 bridgehead atoms. The second-order valence-corrected chi connectivity index (χ2v) is 2.81. The van der Waals surface area contributed by atoms with Crippen LogP contribution in [0, 0.1) is 5.82 Å². The van der Waals surface area contributed by atoms with Crippen molar-refractivity contribution in [2.75, 3.05) is 0 Å². The van der Waals surface area contributed by atoms with Crippen LogP contribution in [0.2, 0.25) is 0 Å². The minimum Gasteiger partial charge on any atom is -0.505 e. The molecule has 0 aliphatic rings. The second kappa shape index (κ2) is 4.60. The predicted octanol–water partition coefficient (Wildman–Crippen LogP) is 2.05. The van der Waals surface area contributed by atoms with Crippen LogP contribution in [0.5, 0.6) is 5.75 Å². The van der Waals surface area contributed by atoms with Crippen molar-refractivity contribution in [1.29, 1.82) is 0 Å². The lowest BCUT2D eigenvalue weighted by Crippen LogP contribution is -1.89. The molecule has 0 amide bonds. The van der Waals surface area contributed by atoms with Crippen LogP contribution in [0.15, 0.2) is 18.2 Å². The first-order valence-electron chi connectivity index (χ1n) is 4.15. The van der Waals surface area contributed by atoms with Crippen LogP contribution in [0.3, 0.4) is 0 Å². The number of halogens is 1. The van der Waals surface area contributed by atoms with E-state index in [4.69, 9.17) is 0 Å². The van der Waals surface area contributed by atoms with Gasteiger partial charge in [0.15, 0.2) is 11.6 Å². The summed E-state index contributed by atoms with van der Waals surface area (Å²) in [5, 5.41) is 9.23. The van der Waals surface area contributed by atoms with Gasteiger partial charge < -0.3 is 9.90 Å². The standard InChI is InChI=1S/C10H11FO2/c11-9-6-3-5-8(10(9)13)4-1-2-7-12/h3,5-7,13H,1-2,4H2. The van der Waals surface area contributed by atoms with Gasteiger partial charge in [-0.3, -0.25) is 0 Å². The molecule has 0 aliphatic heterocycles. The van der Waals surface area contributed by atoms with Gasteiger partial charge in [0, 0.05) is 6.42 Å². The Bertz CT molecular complexity index is 297. The summed E-state index contributed by atoms with van der Waals surface area (Å²) in [6, 6.07) is 4.41. The molecule has 0 heterocycles. The van der Waals surface area contributed by atoms with Crippen LogP contribution in [-0.4, -0.2) is 11.4 Å². The molecule has 0 unspecified atom stereocenters. The maximum Gasteiger partial charge on any atom is 0.165 e. The highest BCUT2D eigenvalue weighted by Crippen LogP contribution is 2.21. The summed E-state index contributed by atoms with van der Waals surface area (Å²) in [6.07, 6.45) is 2.43. The Kier molecular flexibility index (Phi) is 3.43. The van der Waals surface area contributed by atoms with E-state index in [0.29, 0.717) is 24.8 Å². The zero-order valence-corrected chi connectivity index (χ0v) is 7.16. The average molecular weight is 182 g/mol. The molecule has 70 valence electrons. The number of aldehydes is 1. The summed E-state index contributed by atoms with van der Waals surface area (Å²) in [5.74, 6) is -0.906. The molecule has 0 fully saturated rings. The third kappa shape index (κ3) is 2.54.